The van der Waals surface area contributed by atoms with Crippen LogP contribution >= 0.6 is 0 Å². The predicted molar refractivity (Wildman–Crippen MR) is 113 cm³/mol. The van der Waals surface area contributed by atoms with Gasteiger partial charge in [0.1, 0.15) is 16.9 Å². The fourth-order valence-electron chi connectivity index (χ4n) is 3.89. The predicted octanol–water partition coefficient (Wildman–Crippen LogP) is 5.74. The van der Waals surface area contributed by atoms with Crippen molar-refractivity contribution in [1.29, 1.82) is 0 Å². The van der Waals surface area contributed by atoms with Crippen LogP contribution in [0.25, 0.3) is 11.0 Å². The average molecular weight is 391 g/mol. The lowest BCUT2D eigenvalue weighted by Crippen LogP contribution is -2.38. The molecule has 1 amide bonds. The van der Waals surface area contributed by atoms with Gasteiger partial charge in [0, 0.05) is 16.6 Å². The van der Waals surface area contributed by atoms with Gasteiger partial charge >= 0.3 is 0 Å². The number of furan rings is 1. The van der Waals surface area contributed by atoms with Crippen molar-refractivity contribution in [2.75, 3.05) is 5.32 Å². The molecule has 150 valence electrons. The van der Waals surface area contributed by atoms with E-state index in [9.17, 15) is 9.59 Å². The number of anilines is 1. The van der Waals surface area contributed by atoms with Crippen molar-refractivity contribution >= 4 is 28.3 Å². The van der Waals surface area contributed by atoms with Gasteiger partial charge in [0.25, 0.3) is 5.91 Å². The van der Waals surface area contributed by atoms with Gasteiger partial charge in [0.2, 0.25) is 0 Å². The maximum absolute atomic E-state index is 13.0. The van der Waals surface area contributed by atoms with Crippen molar-refractivity contribution in [2.45, 2.75) is 53.1 Å². The Morgan fingerprint density at radius 1 is 1.14 bits per heavy atom. The number of hydrogen-bond acceptors (Lipinski definition) is 4. The van der Waals surface area contributed by atoms with E-state index in [1.165, 1.54) is 0 Å². The zero-order valence-electron chi connectivity index (χ0n) is 17.4. The summed E-state index contributed by atoms with van der Waals surface area (Å²) in [5.41, 5.74) is 4.03. The molecule has 1 atom stereocenters. The van der Waals surface area contributed by atoms with Crippen molar-refractivity contribution < 1.29 is 18.7 Å². The first-order valence-electron chi connectivity index (χ1n) is 9.90. The van der Waals surface area contributed by atoms with Gasteiger partial charge in [0.15, 0.2) is 11.5 Å². The van der Waals surface area contributed by atoms with Gasteiger partial charge in [-0.1, -0.05) is 19.1 Å². The molecule has 5 heteroatoms. The molecule has 2 heterocycles. The van der Waals surface area contributed by atoms with Crippen LogP contribution in [0.4, 0.5) is 5.69 Å². The summed E-state index contributed by atoms with van der Waals surface area (Å²) >= 11 is 0. The Morgan fingerprint density at radius 2 is 1.90 bits per heavy atom. The molecular formula is C24H25NO4. The Balaban J connectivity index is 1.77. The van der Waals surface area contributed by atoms with E-state index in [1.807, 2.05) is 52.8 Å². The summed E-state index contributed by atoms with van der Waals surface area (Å²) in [6, 6.07) is 9.30. The monoisotopic (exact) mass is 391 g/mol. The van der Waals surface area contributed by atoms with E-state index in [0.717, 1.165) is 23.2 Å². The first-order chi connectivity index (χ1) is 13.7. The number of amides is 1. The van der Waals surface area contributed by atoms with Crippen LogP contribution in [0.3, 0.4) is 0 Å². The number of aryl methyl sites for hydroxylation is 2. The minimum absolute atomic E-state index is 0.0200. The number of fused-ring (bicyclic) bond motifs is 3. The lowest BCUT2D eigenvalue weighted by molar-refractivity contribution is 0.0503. The molecule has 29 heavy (non-hydrogen) atoms. The van der Waals surface area contributed by atoms with Gasteiger partial charge < -0.3 is 14.5 Å². The molecule has 0 spiro atoms. The van der Waals surface area contributed by atoms with Gasteiger partial charge in [-0.3, -0.25) is 9.59 Å². The number of carbonyl (C=O) groups excluding carboxylic acids is 2. The molecule has 0 bridgehead atoms. The SMILES string of the molecule is CCC1(C)CC(=O)c2c(ccc3oc(C(=O)Nc4cccc(C)c4C)c(C)c23)O1. The third-order valence-corrected chi connectivity index (χ3v) is 6.03. The highest BCUT2D eigenvalue weighted by Crippen LogP contribution is 2.41. The van der Waals surface area contributed by atoms with E-state index in [4.69, 9.17) is 9.15 Å². The minimum Gasteiger partial charge on any atom is -0.486 e. The topological polar surface area (TPSA) is 68.5 Å². The number of nitrogens with one attached hydrogen (secondary N) is 1. The molecule has 2 aromatic carbocycles. The third kappa shape index (κ3) is 3.11. The van der Waals surface area contributed by atoms with Crippen LogP contribution < -0.4 is 10.1 Å². The van der Waals surface area contributed by atoms with Crippen LogP contribution in [0.5, 0.6) is 5.75 Å². The molecule has 0 aliphatic carbocycles. The quantitative estimate of drug-likeness (QED) is 0.618. The summed E-state index contributed by atoms with van der Waals surface area (Å²) in [6.07, 6.45) is 1.05. The summed E-state index contributed by atoms with van der Waals surface area (Å²) in [5.74, 6) is 0.463. The number of hydrogen-bond donors (Lipinski definition) is 1. The zero-order valence-corrected chi connectivity index (χ0v) is 17.4. The molecule has 1 aliphatic heterocycles. The number of ketones is 1. The van der Waals surface area contributed by atoms with Gasteiger partial charge in [-0.2, -0.15) is 0 Å². The van der Waals surface area contributed by atoms with Gasteiger partial charge in [-0.05, 0) is 63.4 Å². The first-order valence-corrected chi connectivity index (χ1v) is 9.90. The van der Waals surface area contributed by atoms with Crippen LogP contribution in [0.2, 0.25) is 0 Å². The van der Waals surface area contributed by atoms with E-state index in [-0.39, 0.29) is 17.5 Å². The fourth-order valence-corrected chi connectivity index (χ4v) is 3.89. The smallest absolute Gasteiger partial charge is 0.291 e. The minimum atomic E-state index is -0.502. The molecule has 0 fully saturated rings. The van der Waals surface area contributed by atoms with Crippen LogP contribution in [0, 0.1) is 20.8 Å². The average Bonchev–Trinajstić information content (AvgIpc) is 3.02. The first kappa shape index (κ1) is 19.2. The summed E-state index contributed by atoms with van der Waals surface area (Å²) in [7, 11) is 0. The summed E-state index contributed by atoms with van der Waals surface area (Å²) in [6.45, 7) is 9.73. The van der Waals surface area contributed by atoms with Crippen LogP contribution in [-0.4, -0.2) is 17.3 Å². The van der Waals surface area contributed by atoms with Gasteiger partial charge in [-0.15, -0.1) is 0 Å². The van der Waals surface area contributed by atoms with Crippen molar-refractivity contribution in [3.8, 4) is 5.75 Å². The van der Waals surface area contributed by atoms with Crippen LogP contribution in [0.15, 0.2) is 34.7 Å². The highest BCUT2D eigenvalue weighted by molar-refractivity contribution is 6.14. The molecule has 0 radical (unpaired) electrons. The van der Waals surface area contributed by atoms with E-state index < -0.39 is 5.60 Å². The maximum Gasteiger partial charge on any atom is 0.291 e. The Hall–Kier alpha value is -3.08. The normalized spacial score (nSPS) is 18.4. The van der Waals surface area contributed by atoms with E-state index in [2.05, 4.69) is 5.32 Å². The second-order valence-electron chi connectivity index (χ2n) is 8.08. The second-order valence-corrected chi connectivity index (χ2v) is 8.08. The molecule has 4 rings (SSSR count). The number of rotatable bonds is 3. The molecule has 3 aromatic rings. The Kier molecular flexibility index (Phi) is 4.49. The summed E-state index contributed by atoms with van der Waals surface area (Å²) in [4.78, 5) is 25.9. The largest absolute Gasteiger partial charge is 0.486 e. The number of Topliss-reactive ketones (excluding diaryl/α,β-unsaturated/α-hetero) is 1. The molecule has 0 saturated carbocycles. The molecule has 1 unspecified atom stereocenters. The highest BCUT2D eigenvalue weighted by atomic mass is 16.5. The van der Waals surface area contributed by atoms with Crippen LogP contribution in [0.1, 0.15) is 64.3 Å². The second kappa shape index (κ2) is 6.76. The maximum atomic E-state index is 13.0. The molecule has 1 aromatic heterocycles. The van der Waals surface area contributed by atoms with Crippen LogP contribution in [-0.2, 0) is 0 Å². The fraction of sp³-hybridized carbons (Fsp3) is 0.333. The molecule has 1 aliphatic rings. The summed E-state index contributed by atoms with van der Waals surface area (Å²) in [5, 5.41) is 3.60. The third-order valence-electron chi connectivity index (χ3n) is 6.03. The van der Waals surface area contributed by atoms with Crippen molar-refractivity contribution in [3.63, 3.8) is 0 Å². The Morgan fingerprint density at radius 3 is 2.62 bits per heavy atom. The number of ether oxygens (including phenoxy) is 1. The van der Waals surface area contributed by atoms with E-state index in [0.29, 0.717) is 34.3 Å². The Bertz CT molecular complexity index is 1160. The molecular weight excluding hydrogens is 366 g/mol. The lowest BCUT2D eigenvalue weighted by Gasteiger charge is -2.34. The molecule has 0 saturated heterocycles. The molecule has 1 N–H and O–H groups in total. The lowest BCUT2D eigenvalue weighted by atomic mass is 9.87. The van der Waals surface area contributed by atoms with E-state index >= 15 is 0 Å². The number of benzene rings is 2. The Labute approximate surface area is 170 Å². The van der Waals surface area contributed by atoms with E-state index in [1.54, 1.807) is 12.1 Å². The standard InChI is InChI=1S/C24H25NO4/c1-6-24(5)12-17(26)21-19(29-24)11-10-18-20(21)15(4)22(28-18)23(27)25-16-9-7-8-13(2)14(16)3/h7-11H,6,12H2,1-5H3,(H,25,27). The molecule has 5 nitrogen and oxygen atoms in total. The number of carbonyl (C=O) groups is 2. The van der Waals surface area contributed by atoms with Crippen molar-refractivity contribution in [2.24, 2.45) is 0 Å². The zero-order chi connectivity index (χ0) is 20.9. The van der Waals surface area contributed by atoms with Crippen molar-refractivity contribution in [3.05, 3.63) is 58.3 Å². The van der Waals surface area contributed by atoms with Gasteiger partial charge in [0.05, 0.1) is 12.0 Å². The van der Waals surface area contributed by atoms with Crippen molar-refractivity contribution in [1.82, 2.24) is 0 Å². The highest BCUT2D eigenvalue weighted by Gasteiger charge is 2.37. The van der Waals surface area contributed by atoms with Gasteiger partial charge in [-0.25, -0.2) is 0 Å². The summed E-state index contributed by atoms with van der Waals surface area (Å²) < 4.78 is 12.0.